The molecule has 2 heterocycles. The van der Waals surface area contributed by atoms with Crippen molar-refractivity contribution < 1.29 is 0 Å². The van der Waals surface area contributed by atoms with E-state index in [0.29, 0.717) is 0 Å². The van der Waals surface area contributed by atoms with E-state index in [1.54, 1.807) is 0 Å². The Morgan fingerprint density at radius 1 is 1.43 bits per heavy atom. The van der Waals surface area contributed by atoms with Crippen LogP contribution < -0.4 is 16.1 Å². The summed E-state index contributed by atoms with van der Waals surface area (Å²) < 4.78 is 0. The zero-order valence-corrected chi connectivity index (χ0v) is 7.72. The van der Waals surface area contributed by atoms with Crippen molar-refractivity contribution >= 4 is 12.0 Å². The number of para-hydroxylation sites is 1. The topological polar surface area (TPSA) is 53.6 Å². The molecule has 0 aliphatic carbocycles. The second kappa shape index (κ2) is 2.72. The van der Waals surface area contributed by atoms with E-state index in [-0.39, 0.29) is 12.2 Å². The summed E-state index contributed by atoms with van der Waals surface area (Å²) in [6.07, 6.45) is 2.85. The van der Waals surface area contributed by atoms with Crippen molar-refractivity contribution in [3.63, 3.8) is 0 Å². The molecule has 0 saturated heterocycles. The van der Waals surface area contributed by atoms with Gasteiger partial charge in [0.15, 0.2) is 0 Å². The van der Waals surface area contributed by atoms with Crippen LogP contribution in [0.5, 0.6) is 0 Å². The number of rotatable bonds is 0. The van der Waals surface area contributed by atoms with Gasteiger partial charge in [-0.1, -0.05) is 18.2 Å². The Hall–Kier alpha value is -1.55. The second-order valence-electron chi connectivity index (χ2n) is 3.72. The third-order valence-corrected chi connectivity index (χ3v) is 2.82. The molecule has 72 valence electrons. The van der Waals surface area contributed by atoms with E-state index in [9.17, 15) is 0 Å². The maximum Gasteiger partial charge on any atom is 0.136 e. The van der Waals surface area contributed by atoms with Gasteiger partial charge >= 0.3 is 0 Å². The number of nitrogens with one attached hydrogen (secondary N) is 1. The van der Waals surface area contributed by atoms with Crippen LogP contribution in [0.2, 0.25) is 0 Å². The number of fused-ring (bicyclic) bond motifs is 3. The first-order valence-electron chi connectivity index (χ1n) is 4.77. The number of hydrogen-bond donors (Lipinski definition) is 2. The maximum atomic E-state index is 6.05. The molecule has 0 fully saturated rings. The zero-order valence-electron chi connectivity index (χ0n) is 7.72. The highest BCUT2D eigenvalue weighted by atomic mass is 15.5. The van der Waals surface area contributed by atoms with Crippen LogP contribution in [0.15, 0.2) is 29.4 Å². The Labute approximate surface area is 82.4 Å². The fourth-order valence-corrected chi connectivity index (χ4v) is 2.12. The van der Waals surface area contributed by atoms with Crippen LogP contribution in [0.4, 0.5) is 5.69 Å². The monoisotopic (exact) mass is 188 g/mol. The minimum Gasteiger partial charge on any atom is -0.324 e. The van der Waals surface area contributed by atoms with Gasteiger partial charge in [-0.15, -0.1) is 0 Å². The lowest BCUT2D eigenvalue weighted by Gasteiger charge is -2.35. The van der Waals surface area contributed by atoms with Crippen molar-refractivity contribution in [3.8, 4) is 0 Å². The number of nitrogens with two attached hydrogens (primary N) is 1. The van der Waals surface area contributed by atoms with Crippen LogP contribution in [0, 0.1) is 0 Å². The van der Waals surface area contributed by atoms with E-state index in [4.69, 9.17) is 5.73 Å². The maximum absolute atomic E-state index is 6.05. The molecule has 0 bridgehead atoms. The SMILES string of the molecule is NC1Cc2ccccc2N2C=NNC12. The molecule has 0 spiro atoms. The van der Waals surface area contributed by atoms with Gasteiger partial charge in [0.05, 0.1) is 0 Å². The summed E-state index contributed by atoms with van der Waals surface area (Å²) in [5.74, 6) is 0. The normalized spacial score (nSPS) is 28.2. The average molecular weight is 188 g/mol. The Morgan fingerprint density at radius 3 is 3.21 bits per heavy atom. The highest BCUT2D eigenvalue weighted by molar-refractivity contribution is 5.84. The second-order valence-corrected chi connectivity index (χ2v) is 3.72. The molecule has 1 aromatic rings. The summed E-state index contributed by atoms with van der Waals surface area (Å²) >= 11 is 0. The lowest BCUT2D eigenvalue weighted by Crippen LogP contribution is -2.54. The van der Waals surface area contributed by atoms with Crippen molar-refractivity contribution in [3.05, 3.63) is 29.8 Å². The molecule has 3 N–H and O–H groups in total. The van der Waals surface area contributed by atoms with Crippen molar-refractivity contribution in [1.29, 1.82) is 0 Å². The first-order chi connectivity index (χ1) is 6.86. The van der Waals surface area contributed by atoms with Gasteiger partial charge in [-0.05, 0) is 18.1 Å². The van der Waals surface area contributed by atoms with E-state index in [1.807, 2.05) is 18.5 Å². The summed E-state index contributed by atoms with van der Waals surface area (Å²) in [4.78, 5) is 2.10. The molecule has 4 heteroatoms. The Morgan fingerprint density at radius 2 is 2.29 bits per heavy atom. The Balaban J connectivity index is 2.11. The summed E-state index contributed by atoms with van der Waals surface area (Å²) in [6.45, 7) is 0. The van der Waals surface area contributed by atoms with E-state index < -0.39 is 0 Å². The van der Waals surface area contributed by atoms with Gasteiger partial charge in [-0.25, -0.2) is 0 Å². The molecule has 14 heavy (non-hydrogen) atoms. The summed E-state index contributed by atoms with van der Waals surface area (Å²) in [5.41, 5.74) is 11.6. The number of nitrogens with zero attached hydrogens (tertiary/aromatic N) is 2. The van der Waals surface area contributed by atoms with Crippen LogP contribution >= 0.6 is 0 Å². The first-order valence-corrected chi connectivity index (χ1v) is 4.77. The smallest absolute Gasteiger partial charge is 0.136 e. The Kier molecular flexibility index (Phi) is 1.52. The molecule has 3 rings (SSSR count). The van der Waals surface area contributed by atoms with Crippen LogP contribution in [0.25, 0.3) is 0 Å². The first kappa shape index (κ1) is 7.82. The van der Waals surface area contributed by atoms with Gasteiger partial charge in [0.2, 0.25) is 0 Å². The van der Waals surface area contributed by atoms with Crippen LogP contribution in [-0.2, 0) is 6.42 Å². The van der Waals surface area contributed by atoms with E-state index in [1.165, 1.54) is 11.3 Å². The molecule has 0 radical (unpaired) electrons. The van der Waals surface area contributed by atoms with Gasteiger partial charge in [-0.2, -0.15) is 5.10 Å². The molecule has 2 unspecified atom stereocenters. The quantitative estimate of drug-likeness (QED) is 0.613. The van der Waals surface area contributed by atoms with Crippen molar-refractivity contribution in [2.24, 2.45) is 10.8 Å². The highest BCUT2D eigenvalue weighted by Gasteiger charge is 2.33. The van der Waals surface area contributed by atoms with Crippen molar-refractivity contribution in [1.82, 2.24) is 5.43 Å². The van der Waals surface area contributed by atoms with Gasteiger partial charge in [-0.3, -0.25) is 5.43 Å². The predicted octanol–water partition coefficient (Wildman–Crippen LogP) is 0.249. The van der Waals surface area contributed by atoms with Crippen LogP contribution in [0.3, 0.4) is 0 Å². The van der Waals surface area contributed by atoms with Crippen molar-refractivity contribution in [2.75, 3.05) is 4.90 Å². The van der Waals surface area contributed by atoms with E-state index in [2.05, 4.69) is 27.6 Å². The van der Waals surface area contributed by atoms with Gasteiger partial charge < -0.3 is 10.6 Å². The molecule has 0 aromatic heterocycles. The molecule has 2 atom stereocenters. The van der Waals surface area contributed by atoms with Gasteiger partial charge in [0.1, 0.15) is 12.5 Å². The molecule has 0 amide bonds. The summed E-state index contributed by atoms with van der Waals surface area (Å²) in [5, 5.41) is 4.05. The zero-order chi connectivity index (χ0) is 9.54. The lowest BCUT2D eigenvalue weighted by molar-refractivity contribution is 0.456. The molecule has 4 nitrogen and oxygen atoms in total. The predicted molar refractivity (Wildman–Crippen MR) is 56.0 cm³/mol. The molecule has 2 aliphatic heterocycles. The lowest BCUT2D eigenvalue weighted by atomic mass is 9.97. The fourth-order valence-electron chi connectivity index (χ4n) is 2.12. The molecular formula is C10H12N4. The van der Waals surface area contributed by atoms with Gasteiger partial charge in [0.25, 0.3) is 0 Å². The number of benzene rings is 1. The number of anilines is 1. The third-order valence-electron chi connectivity index (χ3n) is 2.82. The highest BCUT2D eigenvalue weighted by Crippen LogP contribution is 2.29. The standard InChI is InChI=1S/C10H12N4/c11-8-5-7-3-1-2-4-9(7)14-6-12-13-10(8)14/h1-4,6,8,10,13H,5,11H2. The summed E-state index contributed by atoms with van der Waals surface area (Å²) in [6, 6.07) is 8.42. The molecule has 1 aromatic carbocycles. The van der Waals surface area contributed by atoms with Crippen LogP contribution in [0.1, 0.15) is 5.56 Å². The minimum atomic E-state index is 0.104. The summed E-state index contributed by atoms with van der Waals surface area (Å²) in [7, 11) is 0. The Bertz CT molecular complexity index is 387. The van der Waals surface area contributed by atoms with Crippen molar-refractivity contribution in [2.45, 2.75) is 18.6 Å². The fraction of sp³-hybridized carbons (Fsp3) is 0.300. The minimum absolute atomic E-state index is 0.104. The third kappa shape index (κ3) is 0.943. The molecule has 0 saturated carbocycles. The largest absolute Gasteiger partial charge is 0.324 e. The number of hydrazone groups is 1. The average Bonchev–Trinajstić information content (AvgIpc) is 2.67. The van der Waals surface area contributed by atoms with E-state index >= 15 is 0 Å². The molecule has 2 aliphatic rings. The van der Waals surface area contributed by atoms with E-state index in [0.717, 1.165) is 6.42 Å². The molecular weight excluding hydrogens is 176 g/mol. The number of hydrogen-bond acceptors (Lipinski definition) is 4. The van der Waals surface area contributed by atoms with Crippen LogP contribution in [-0.4, -0.2) is 18.5 Å². The van der Waals surface area contributed by atoms with Gasteiger partial charge in [0, 0.05) is 11.7 Å².